The molecular weight excluding hydrogens is 328 g/mol. The van der Waals surface area contributed by atoms with Gasteiger partial charge in [-0.3, -0.25) is 4.90 Å². The molecule has 0 saturated heterocycles. The summed E-state index contributed by atoms with van der Waals surface area (Å²) in [6.45, 7) is 7.19. The van der Waals surface area contributed by atoms with Crippen LogP contribution in [0.5, 0.6) is 17.2 Å². The molecule has 0 radical (unpaired) electrons. The summed E-state index contributed by atoms with van der Waals surface area (Å²) in [5.74, 6) is 2.16. The van der Waals surface area contributed by atoms with Gasteiger partial charge in [0.05, 0.1) is 7.11 Å². The van der Waals surface area contributed by atoms with Crippen molar-refractivity contribution in [1.29, 1.82) is 0 Å². The maximum atomic E-state index is 5.48. The highest BCUT2D eigenvalue weighted by Crippen LogP contribution is 2.41. The molecule has 1 aliphatic heterocycles. The fourth-order valence-electron chi connectivity index (χ4n) is 2.95. The van der Waals surface area contributed by atoms with Crippen LogP contribution in [0.25, 0.3) is 0 Å². The zero-order chi connectivity index (χ0) is 18.5. The van der Waals surface area contributed by atoms with Gasteiger partial charge in [0.1, 0.15) is 0 Å². The Kier molecular flexibility index (Phi) is 6.01. The topological polar surface area (TPSA) is 43.0 Å². The largest absolute Gasteiger partial charge is 0.493 e. The normalized spacial score (nSPS) is 12.8. The second-order valence-electron chi connectivity index (χ2n) is 6.96. The molecule has 3 rings (SSSR count). The second-order valence-corrected chi connectivity index (χ2v) is 6.96. The first-order valence-corrected chi connectivity index (χ1v) is 9.02. The number of nitrogens with zero attached hydrogens (tertiary/aromatic N) is 1. The van der Waals surface area contributed by atoms with E-state index in [4.69, 9.17) is 14.2 Å². The summed E-state index contributed by atoms with van der Waals surface area (Å²) in [6.07, 6.45) is 0. The monoisotopic (exact) mass is 356 g/mol. The third-order valence-electron chi connectivity index (χ3n) is 4.68. The number of ether oxygens (including phenoxy) is 3. The van der Waals surface area contributed by atoms with E-state index in [0.717, 1.165) is 36.7 Å². The summed E-state index contributed by atoms with van der Waals surface area (Å²) < 4.78 is 16.3. The van der Waals surface area contributed by atoms with E-state index < -0.39 is 0 Å². The zero-order valence-electron chi connectivity index (χ0n) is 16.0. The lowest BCUT2D eigenvalue weighted by Gasteiger charge is -2.21. The lowest BCUT2D eigenvalue weighted by atomic mass is 10.1. The summed E-state index contributed by atoms with van der Waals surface area (Å²) in [5.41, 5.74) is 3.74. The molecule has 1 heterocycles. The predicted octanol–water partition coefficient (Wildman–Crippen LogP) is 3.55. The summed E-state index contributed by atoms with van der Waals surface area (Å²) in [4.78, 5) is 2.34. The molecule has 0 aliphatic carbocycles. The molecule has 140 valence electrons. The Morgan fingerprint density at radius 2 is 1.85 bits per heavy atom. The van der Waals surface area contributed by atoms with Gasteiger partial charge in [-0.1, -0.05) is 24.3 Å². The van der Waals surface area contributed by atoms with E-state index in [1.165, 1.54) is 11.1 Å². The van der Waals surface area contributed by atoms with Gasteiger partial charge in [-0.05, 0) is 49.7 Å². The van der Waals surface area contributed by atoms with E-state index in [-0.39, 0.29) is 6.79 Å². The SMILES string of the molecule is COc1cc(CNCc2cccc(CN(C)C(C)C)c2)cc2c1OCO2. The third kappa shape index (κ3) is 4.48. The molecule has 2 aromatic carbocycles. The lowest BCUT2D eigenvalue weighted by Crippen LogP contribution is -2.25. The van der Waals surface area contributed by atoms with E-state index >= 15 is 0 Å². The molecule has 2 aromatic rings. The van der Waals surface area contributed by atoms with E-state index in [2.05, 4.69) is 55.4 Å². The average Bonchev–Trinajstić information content (AvgIpc) is 3.10. The van der Waals surface area contributed by atoms with Crippen molar-refractivity contribution in [3.63, 3.8) is 0 Å². The van der Waals surface area contributed by atoms with Crippen molar-refractivity contribution in [2.45, 2.75) is 39.5 Å². The molecule has 1 N–H and O–H groups in total. The minimum absolute atomic E-state index is 0.250. The molecule has 0 spiro atoms. The Balaban J connectivity index is 1.58. The summed E-state index contributed by atoms with van der Waals surface area (Å²) in [5, 5.41) is 3.50. The smallest absolute Gasteiger partial charge is 0.231 e. The van der Waals surface area contributed by atoms with Crippen LogP contribution in [0.2, 0.25) is 0 Å². The molecule has 5 nitrogen and oxygen atoms in total. The molecule has 0 atom stereocenters. The maximum Gasteiger partial charge on any atom is 0.231 e. The second kappa shape index (κ2) is 8.43. The number of hydrogen-bond donors (Lipinski definition) is 1. The van der Waals surface area contributed by atoms with Crippen molar-refractivity contribution in [1.82, 2.24) is 10.2 Å². The van der Waals surface area contributed by atoms with Gasteiger partial charge in [0.25, 0.3) is 0 Å². The van der Waals surface area contributed by atoms with Crippen molar-refractivity contribution in [2.24, 2.45) is 0 Å². The molecular formula is C21H28N2O3. The summed E-state index contributed by atoms with van der Waals surface area (Å²) >= 11 is 0. The van der Waals surface area contributed by atoms with Crippen LogP contribution in [0.15, 0.2) is 36.4 Å². The van der Waals surface area contributed by atoms with E-state index in [9.17, 15) is 0 Å². The molecule has 0 aromatic heterocycles. The maximum absolute atomic E-state index is 5.48. The Morgan fingerprint density at radius 3 is 2.62 bits per heavy atom. The molecule has 0 amide bonds. The van der Waals surface area contributed by atoms with Crippen LogP contribution < -0.4 is 19.5 Å². The van der Waals surface area contributed by atoms with Crippen LogP contribution in [-0.2, 0) is 19.6 Å². The minimum atomic E-state index is 0.250. The van der Waals surface area contributed by atoms with Crippen LogP contribution in [-0.4, -0.2) is 31.9 Å². The van der Waals surface area contributed by atoms with Crippen LogP contribution >= 0.6 is 0 Å². The number of methoxy groups -OCH3 is 1. The number of rotatable bonds is 8. The number of nitrogens with one attached hydrogen (secondary N) is 1. The van der Waals surface area contributed by atoms with Crippen molar-refractivity contribution in [3.8, 4) is 17.2 Å². The van der Waals surface area contributed by atoms with Crippen molar-refractivity contribution < 1.29 is 14.2 Å². The molecule has 26 heavy (non-hydrogen) atoms. The molecule has 0 unspecified atom stereocenters. The van der Waals surface area contributed by atoms with Crippen LogP contribution in [0.1, 0.15) is 30.5 Å². The van der Waals surface area contributed by atoms with Gasteiger partial charge in [-0.2, -0.15) is 0 Å². The average molecular weight is 356 g/mol. The van der Waals surface area contributed by atoms with Gasteiger partial charge < -0.3 is 19.5 Å². The Bertz CT molecular complexity index is 746. The fourth-order valence-corrected chi connectivity index (χ4v) is 2.95. The molecule has 0 fully saturated rings. The van der Waals surface area contributed by atoms with Gasteiger partial charge >= 0.3 is 0 Å². The minimum Gasteiger partial charge on any atom is -0.493 e. The third-order valence-corrected chi connectivity index (χ3v) is 4.68. The number of fused-ring (bicyclic) bond motifs is 1. The highest BCUT2D eigenvalue weighted by molar-refractivity contribution is 5.55. The van der Waals surface area contributed by atoms with E-state index in [0.29, 0.717) is 11.8 Å². The quantitative estimate of drug-likeness (QED) is 0.783. The zero-order valence-corrected chi connectivity index (χ0v) is 16.0. The standard InChI is InChI=1S/C21H28N2O3/c1-15(2)23(3)13-17-7-5-6-16(8-17)11-22-12-18-9-19(24-4)21-20(10-18)25-14-26-21/h5-10,15,22H,11-14H2,1-4H3. The van der Waals surface area contributed by atoms with E-state index in [1.54, 1.807) is 7.11 Å². The molecule has 0 bridgehead atoms. The van der Waals surface area contributed by atoms with Crippen LogP contribution in [0.3, 0.4) is 0 Å². The Hall–Kier alpha value is -2.24. The fraction of sp³-hybridized carbons (Fsp3) is 0.429. The summed E-state index contributed by atoms with van der Waals surface area (Å²) in [6, 6.07) is 13.3. The van der Waals surface area contributed by atoms with Crippen molar-refractivity contribution in [2.75, 3.05) is 21.0 Å². The molecule has 1 aliphatic rings. The highest BCUT2D eigenvalue weighted by atomic mass is 16.7. The molecule has 0 saturated carbocycles. The van der Waals surface area contributed by atoms with Gasteiger partial charge in [0.15, 0.2) is 11.5 Å². The first-order chi connectivity index (χ1) is 12.6. The van der Waals surface area contributed by atoms with E-state index in [1.807, 2.05) is 12.1 Å². The van der Waals surface area contributed by atoms with Gasteiger partial charge in [0.2, 0.25) is 12.5 Å². The van der Waals surface area contributed by atoms with Crippen LogP contribution in [0.4, 0.5) is 0 Å². The van der Waals surface area contributed by atoms with Gasteiger partial charge in [-0.25, -0.2) is 0 Å². The number of benzene rings is 2. The number of hydrogen-bond acceptors (Lipinski definition) is 5. The first-order valence-electron chi connectivity index (χ1n) is 9.02. The van der Waals surface area contributed by atoms with Gasteiger partial charge in [-0.15, -0.1) is 0 Å². The Labute approximate surface area is 155 Å². The van der Waals surface area contributed by atoms with Gasteiger partial charge in [0, 0.05) is 25.7 Å². The Morgan fingerprint density at radius 1 is 1.08 bits per heavy atom. The first kappa shape index (κ1) is 18.5. The highest BCUT2D eigenvalue weighted by Gasteiger charge is 2.19. The van der Waals surface area contributed by atoms with Crippen LogP contribution in [0, 0.1) is 0 Å². The lowest BCUT2D eigenvalue weighted by molar-refractivity contribution is 0.171. The van der Waals surface area contributed by atoms with Crippen molar-refractivity contribution in [3.05, 3.63) is 53.1 Å². The van der Waals surface area contributed by atoms with Crippen molar-refractivity contribution >= 4 is 0 Å². The molecule has 5 heteroatoms. The predicted molar refractivity (Wildman–Crippen MR) is 103 cm³/mol. The summed E-state index contributed by atoms with van der Waals surface area (Å²) in [7, 11) is 3.80.